The van der Waals surface area contributed by atoms with Gasteiger partial charge in [0.2, 0.25) is 59.1 Å². The van der Waals surface area contributed by atoms with Crippen LogP contribution >= 0.6 is 0 Å². The summed E-state index contributed by atoms with van der Waals surface area (Å²) in [5.74, 6) is -15.5. The summed E-state index contributed by atoms with van der Waals surface area (Å²) in [5, 5.41) is 80.2. The van der Waals surface area contributed by atoms with Gasteiger partial charge in [-0.15, -0.1) is 0 Å². The van der Waals surface area contributed by atoms with Crippen molar-refractivity contribution in [3.05, 3.63) is 120 Å². The second kappa shape index (κ2) is 46.0. The molecule has 1 aliphatic rings. The first-order valence-electron chi connectivity index (χ1n) is 36.9. The second-order valence-electron chi connectivity index (χ2n) is 28.4. The quantitative estimate of drug-likeness (QED) is 0.0283. The van der Waals surface area contributed by atoms with Gasteiger partial charge in [-0.1, -0.05) is 131 Å². The van der Waals surface area contributed by atoms with Crippen molar-refractivity contribution in [1.29, 1.82) is 0 Å². The highest BCUT2D eigenvalue weighted by molar-refractivity contribution is 5.98. The molecule has 0 aliphatic heterocycles. The van der Waals surface area contributed by atoms with Crippen LogP contribution in [0.5, 0.6) is 0 Å². The van der Waals surface area contributed by atoms with Gasteiger partial charge in [0.1, 0.15) is 54.4 Å². The van der Waals surface area contributed by atoms with E-state index in [1.54, 1.807) is 74.5 Å². The molecular formula is C77H104N12O21. The van der Waals surface area contributed by atoms with Crippen molar-refractivity contribution >= 4 is 106 Å². The maximum Gasteiger partial charge on any atom is 0.326 e. The number of unbranched alkanes of at least 4 members (excludes halogenated alkanes) is 1. The summed E-state index contributed by atoms with van der Waals surface area (Å²) < 4.78 is 0. The van der Waals surface area contributed by atoms with E-state index in [0.29, 0.717) is 31.2 Å². The van der Waals surface area contributed by atoms with E-state index in [-0.39, 0.29) is 82.2 Å². The van der Waals surface area contributed by atoms with Gasteiger partial charge in [-0.3, -0.25) is 62.3 Å². The number of amides is 12. The molecule has 33 heteroatoms. The van der Waals surface area contributed by atoms with Gasteiger partial charge in [0.05, 0.1) is 6.54 Å². The molecule has 5 rings (SSSR count). The van der Waals surface area contributed by atoms with Gasteiger partial charge in [0, 0.05) is 64.5 Å². The molecule has 4 aromatic carbocycles. The molecule has 9 atom stereocenters. The van der Waals surface area contributed by atoms with Crippen molar-refractivity contribution in [3.8, 4) is 0 Å². The molecular weight excluding hydrogens is 1430 g/mol. The van der Waals surface area contributed by atoms with Crippen molar-refractivity contribution in [2.75, 3.05) is 19.6 Å². The van der Waals surface area contributed by atoms with Crippen molar-refractivity contribution in [2.24, 2.45) is 23.7 Å². The Bertz CT molecular complexity index is 3830. The summed E-state index contributed by atoms with van der Waals surface area (Å²) in [6, 6.07) is 17.0. The van der Waals surface area contributed by atoms with Gasteiger partial charge in [-0.2, -0.15) is 0 Å². The number of rotatable bonds is 47. The van der Waals surface area contributed by atoms with Gasteiger partial charge < -0.3 is 89.3 Å². The molecule has 0 spiro atoms. The summed E-state index contributed by atoms with van der Waals surface area (Å²) in [4.78, 5) is 210. The lowest BCUT2D eigenvalue weighted by atomic mass is 9.81. The van der Waals surface area contributed by atoms with E-state index in [4.69, 9.17) is 5.11 Å². The molecule has 0 radical (unpaired) electrons. The minimum absolute atomic E-state index is 0.0439. The van der Waals surface area contributed by atoms with Gasteiger partial charge in [-0.05, 0) is 122 Å². The Balaban J connectivity index is 1.18. The maximum absolute atomic E-state index is 14.6. The molecule has 17 N–H and O–H groups in total. The van der Waals surface area contributed by atoms with Crippen LogP contribution in [0, 0.1) is 23.7 Å². The van der Waals surface area contributed by atoms with Crippen LogP contribution in [0.4, 0.5) is 4.79 Å². The van der Waals surface area contributed by atoms with Crippen LogP contribution in [0.15, 0.2) is 103 Å². The molecule has 598 valence electrons. The Morgan fingerprint density at radius 2 is 0.791 bits per heavy atom. The van der Waals surface area contributed by atoms with E-state index >= 15 is 0 Å². The minimum atomic E-state index is -1.70. The highest BCUT2D eigenvalue weighted by atomic mass is 16.4. The standard InChI is InChI=1S/C77H104N12O21/c1-44(2)36-58(86-74(105)62(40-48-18-10-7-11-19-48)87-72(103)59(37-45(3)4)85-73(104)61(81-46(5)90)39-47-16-8-6-9-17-47)71(102)83-55(30-33-65(94)95)70(101)82-54(29-32-64(92)93)68(99)80-43-63(91)79-42-49-23-27-52(28-24-49)67(98)84-60(41-50-25-26-51-20-12-13-21-53(51)38-50)69(100)78-35-15-14-22-56(75(106)107)88-77(110)89-57(76(108)109)31-34-66(96)97/h6-13,16-21,25-26,38,44-45,49,52,54-62H,14-15,22-24,27-37,39-43H2,1-5H3,(H,78,100)(H,79,91)(H,80,99)(H,81,90)(H,82,101)(H,83,102)(H,84,98)(H,85,104)(H,86,105)(H,87,103)(H,92,93)(H,94,95)(H,96,97)(H,106,107)(H,108,109)(H2,88,89,110)/t49?,52?,54-,55-,56-,57-,58-,59-,60-,61-,62-/m0/s1. The van der Waals surface area contributed by atoms with Crippen LogP contribution in [-0.2, 0) is 91.2 Å². The summed E-state index contributed by atoms with van der Waals surface area (Å²) in [6.45, 7) is 7.89. The molecule has 1 aliphatic carbocycles. The number of hydrogen-bond acceptors (Lipinski definition) is 16. The number of hydrogen-bond donors (Lipinski definition) is 17. The Morgan fingerprint density at radius 1 is 0.382 bits per heavy atom. The molecule has 0 heterocycles. The molecule has 0 unspecified atom stereocenters. The fraction of sp³-hybridized carbons (Fsp3) is 0.506. The SMILES string of the molecule is CC(=O)N[C@@H](Cc1ccccc1)C(=O)N[C@@H](CC(C)C)C(=O)N[C@@H](Cc1ccccc1)C(=O)N[C@@H](CC(C)C)C(=O)N[C@@H](CCC(=O)O)C(=O)N[C@@H](CCC(=O)O)C(=O)NCC(=O)NCC1CCC(C(=O)N[C@@H](Cc2ccc3ccccc3c2)C(=O)NCCCC[C@H](NC(=O)N[C@@H](CCC(=O)O)C(=O)O)C(=O)O)CC1. The van der Waals surface area contributed by atoms with Crippen molar-refractivity contribution in [1.82, 2.24) is 63.8 Å². The van der Waals surface area contributed by atoms with Gasteiger partial charge in [-0.25, -0.2) is 14.4 Å². The largest absolute Gasteiger partial charge is 0.481 e. The van der Waals surface area contributed by atoms with Gasteiger partial charge >= 0.3 is 35.9 Å². The summed E-state index contributed by atoms with van der Waals surface area (Å²) in [6.07, 6.45) is -1.34. The lowest BCUT2D eigenvalue weighted by Gasteiger charge is -2.29. The summed E-state index contributed by atoms with van der Waals surface area (Å²) in [5.41, 5.74) is 2.07. The highest BCUT2D eigenvalue weighted by Gasteiger charge is 2.36. The van der Waals surface area contributed by atoms with Crippen molar-refractivity contribution in [3.63, 3.8) is 0 Å². The predicted molar refractivity (Wildman–Crippen MR) is 399 cm³/mol. The molecule has 1 fully saturated rings. The average Bonchev–Trinajstić information content (AvgIpc) is 0.809. The normalized spacial score (nSPS) is 15.7. The Kier molecular flexibility index (Phi) is 37.2. The van der Waals surface area contributed by atoms with Gasteiger partial charge in [0.15, 0.2) is 0 Å². The van der Waals surface area contributed by atoms with Crippen LogP contribution in [-0.4, -0.2) is 194 Å². The maximum atomic E-state index is 14.6. The van der Waals surface area contributed by atoms with Crippen LogP contribution in [0.1, 0.15) is 148 Å². The third-order valence-corrected chi connectivity index (χ3v) is 18.3. The van der Waals surface area contributed by atoms with E-state index in [2.05, 4.69) is 63.8 Å². The van der Waals surface area contributed by atoms with E-state index in [1.807, 2.05) is 56.3 Å². The van der Waals surface area contributed by atoms with Crippen LogP contribution in [0.2, 0.25) is 0 Å². The first kappa shape index (κ1) is 89.1. The molecule has 110 heavy (non-hydrogen) atoms. The Hall–Kier alpha value is -11.5. The molecule has 4 aromatic rings. The van der Waals surface area contributed by atoms with E-state index < -0.39 is 200 Å². The average molecular weight is 1530 g/mol. The number of urea groups is 1. The number of aliphatic carboxylic acids is 5. The third-order valence-electron chi connectivity index (χ3n) is 18.3. The number of carboxylic acid groups (broad SMARTS) is 5. The zero-order chi connectivity index (χ0) is 81.0. The summed E-state index contributed by atoms with van der Waals surface area (Å²) in [7, 11) is 0. The summed E-state index contributed by atoms with van der Waals surface area (Å²) >= 11 is 0. The van der Waals surface area contributed by atoms with Crippen LogP contribution in [0.25, 0.3) is 10.8 Å². The number of nitrogens with one attached hydrogen (secondary N) is 12. The first-order chi connectivity index (χ1) is 52.2. The smallest absolute Gasteiger partial charge is 0.326 e. The first-order valence-corrected chi connectivity index (χ1v) is 36.9. The number of carboxylic acids is 5. The van der Waals surface area contributed by atoms with Crippen LogP contribution < -0.4 is 63.8 Å². The Labute approximate surface area is 636 Å². The molecule has 0 aromatic heterocycles. The van der Waals surface area contributed by atoms with Crippen molar-refractivity contribution < 1.29 is 102 Å². The molecule has 33 nitrogen and oxygen atoms in total. The fourth-order valence-corrected chi connectivity index (χ4v) is 12.5. The van der Waals surface area contributed by atoms with E-state index in [9.17, 15) is 97.1 Å². The molecule has 0 saturated heterocycles. The minimum Gasteiger partial charge on any atom is -0.481 e. The van der Waals surface area contributed by atoms with Crippen LogP contribution in [0.3, 0.4) is 0 Å². The highest BCUT2D eigenvalue weighted by Crippen LogP contribution is 2.29. The molecule has 12 amide bonds. The lowest BCUT2D eigenvalue weighted by molar-refractivity contribution is -0.141. The molecule has 1 saturated carbocycles. The zero-order valence-corrected chi connectivity index (χ0v) is 62.4. The van der Waals surface area contributed by atoms with E-state index in [1.165, 1.54) is 6.92 Å². The second-order valence-corrected chi connectivity index (χ2v) is 28.4. The topological polar surface area (TPSA) is 519 Å². The fourth-order valence-electron chi connectivity index (χ4n) is 12.5. The zero-order valence-electron chi connectivity index (χ0n) is 62.4. The van der Waals surface area contributed by atoms with Crippen molar-refractivity contribution in [2.45, 2.75) is 205 Å². The lowest BCUT2D eigenvalue weighted by Crippen LogP contribution is -2.60. The number of benzene rings is 4. The Morgan fingerprint density at radius 3 is 1.28 bits per heavy atom. The third kappa shape index (κ3) is 32.9. The number of carbonyl (C=O) groups excluding carboxylic acids is 11. The monoisotopic (exact) mass is 1530 g/mol. The predicted octanol–water partition coefficient (Wildman–Crippen LogP) is 2.50. The number of fused-ring (bicyclic) bond motifs is 1. The molecule has 0 bridgehead atoms. The van der Waals surface area contributed by atoms with Gasteiger partial charge in [0.25, 0.3) is 0 Å². The number of carbonyl (C=O) groups is 16. The van der Waals surface area contributed by atoms with E-state index in [0.717, 1.165) is 21.9 Å².